The smallest absolute Gasteiger partial charge is 0.122 e. The Balaban J connectivity index is 1.91. The summed E-state index contributed by atoms with van der Waals surface area (Å²) in [7, 11) is 0. The minimum atomic E-state index is 0.278. The Morgan fingerprint density at radius 1 is 1.36 bits per heavy atom. The van der Waals surface area contributed by atoms with Crippen molar-refractivity contribution in [2.75, 3.05) is 32.8 Å². The fourth-order valence-electron chi connectivity index (χ4n) is 3.22. The average molecular weight is 308 g/mol. The lowest BCUT2D eigenvalue weighted by Crippen LogP contribution is -2.53. The molecule has 0 unspecified atom stereocenters. The molecule has 0 amide bonds. The van der Waals surface area contributed by atoms with Crippen molar-refractivity contribution in [2.24, 2.45) is 5.92 Å². The number of imidazole rings is 1. The number of hydrogen-bond donors (Lipinski definition) is 1. The molecule has 0 saturated carbocycles. The van der Waals surface area contributed by atoms with E-state index in [1.54, 1.807) is 0 Å². The first-order valence-electron chi connectivity index (χ1n) is 8.71. The molecule has 0 spiro atoms. The van der Waals surface area contributed by atoms with Crippen LogP contribution in [0.15, 0.2) is 12.4 Å². The van der Waals surface area contributed by atoms with Crippen LogP contribution in [0.1, 0.15) is 39.4 Å². The number of hydrogen-bond acceptors (Lipinski definition) is 4. The number of piperazine rings is 1. The Morgan fingerprint density at radius 2 is 2.18 bits per heavy atom. The molecule has 1 aliphatic rings. The van der Waals surface area contributed by atoms with Gasteiger partial charge in [0.2, 0.25) is 0 Å². The first-order chi connectivity index (χ1) is 10.6. The third kappa shape index (κ3) is 4.80. The van der Waals surface area contributed by atoms with Crippen LogP contribution in [0.4, 0.5) is 0 Å². The molecule has 2 heterocycles. The molecule has 22 heavy (non-hydrogen) atoms. The van der Waals surface area contributed by atoms with Crippen molar-refractivity contribution >= 4 is 0 Å². The fraction of sp³-hybridized carbons (Fsp3) is 0.824. The summed E-state index contributed by atoms with van der Waals surface area (Å²) < 4.78 is 2.21. The number of rotatable bonds is 8. The third-order valence-electron chi connectivity index (χ3n) is 4.65. The van der Waals surface area contributed by atoms with Gasteiger partial charge in [-0.05, 0) is 32.2 Å². The summed E-state index contributed by atoms with van der Waals surface area (Å²) in [5, 5.41) is 9.38. The number of nitrogens with zero attached hydrogens (tertiary/aromatic N) is 4. The maximum Gasteiger partial charge on any atom is 0.122 e. The topological polar surface area (TPSA) is 44.5 Å². The van der Waals surface area contributed by atoms with E-state index in [1.807, 2.05) is 6.20 Å². The highest BCUT2D eigenvalue weighted by Gasteiger charge is 2.27. The molecule has 1 aromatic rings. The van der Waals surface area contributed by atoms with Crippen molar-refractivity contribution in [3.63, 3.8) is 0 Å². The lowest BCUT2D eigenvalue weighted by Gasteiger charge is -2.41. The summed E-state index contributed by atoms with van der Waals surface area (Å²) in [5.41, 5.74) is 0. The van der Waals surface area contributed by atoms with Gasteiger partial charge in [-0.15, -0.1) is 0 Å². The standard InChI is InChI=1S/C17H32N4O/c1-4-20-9-7-18-17(20)14-19-10-11-21(8-5-15(2)3)16(13-19)6-12-22/h7,9,15-16,22H,4-6,8,10-14H2,1-3H3/t16-/m0/s1. The molecular formula is C17H32N4O. The van der Waals surface area contributed by atoms with Gasteiger partial charge in [-0.3, -0.25) is 9.80 Å². The minimum absolute atomic E-state index is 0.278. The normalized spacial score (nSPS) is 20.9. The molecule has 0 radical (unpaired) electrons. The van der Waals surface area contributed by atoms with Crippen LogP contribution in [0.3, 0.4) is 0 Å². The average Bonchev–Trinajstić information content (AvgIpc) is 2.94. The molecule has 1 saturated heterocycles. The zero-order chi connectivity index (χ0) is 15.9. The number of aliphatic hydroxyl groups excluding tert-OH is 1. The Bertz CT molecular complexity index is 432. The summed E-state index contributed by atoms with van der Waals surface area (Å²) in [6.45, 7) is 13.3. The van der Waals surface area contributed by atoms with Crippen LogP contribution in [-0.2, 0) is 13.1 Å². The van der Waals surface area contributed by atoms with E-state index in [2.05, 4.69) is 46.3 Å². The van der Waals surface area contributed by atoms with Crippen LogP contribution >= 0.6 is 0 Å². The number of aromatic nitrogens is 2. The zero-order valence-electron chi connectivity index (χ0n) is 14.4. The first kappa shape index (κ1) is 17.4. The van der Waals surface area contributed by atoms with E-state index in [0.717, 1.165) is 57.4 Å². The molecule has 126 valence electrons. The highest BCUT2D eigenvalue weighted by Crippen LogP contribution is 2.16. The van der Waals surface area contributed by atoms with E-state index >= 15 is 0 Å². The van der Waals surface area contributed by atoms with E-state index in [-0.39, 0.29) is 6.61 Å². The number of aliphatic hydroxyl groups is 1. The second-order valence-corrected chi connectivity index (χ2v) is 6.75. The first-order valence-corrected chi connectivity index (χ1v) is 8.71. The summed E-state index contributed by atoms with van der Waals surface area (Å²) >= 11 is 0. The van der Waals surface area contributed by atoms with Gasteiger partial charge in [0, 0.05) is 51.2 Å². The van der Waals surface area contributed by atoms with Crippen molar-refractivity contribution in [3.8, 4) is 0 Å². The SMILES string of the molecule is CCn1ccnc1CN1CCN(CCC(C)C)[C@@H](CCO)C1. The maximum absolute atomic E-state index is 9.38. The highest BCUT2D eigenvalue weighted by molar-refractivity contribution is 4.94. The number of aryl methyl sites for hydroxylation is 1. The van der Waals surface area contributed by atoms with Crippen LogP contribution in [0.25, 0.3) is 0 Å². The molecule has 0 aliphatic carbocycles. The zero-order valence-corrected chi connectivity index (χ0v) is 14.4. The molecule has 1 aliphatic heterocycles. The monoisotopic (exact) mass is 308 g/mol. The van der Waals surface area contributed by atoms with E-state index in [4.69, 9.17) is 0 Å². The fourth-order valence-corrected chi connectivity index (χ4v) is 3.22. The van der Waals surface area contributed by atoms with Crippen LogP contribution in [0.5, 0.6) is 0 Å². The lowest BCUT2D eigenvalue weighted by atomic mass is 10.1. The highest BCUT2D eigenvalue weighted by atomic mass is 16.3. The van der Waals surface area contributed by atoms with Gasteiger partial charge >= 0.3 is 0 Å². The largest absolute Gasteiger partial charge is 0.396 e. The molecule has 1 N–H and O–H groups in total. The van der Waals surface area contributed by atoms with E-state index in [1.165, 1.54) is 6.42 Å². The second kappa shape index (κ2) is 8.65. The van der Waals surface area contributed by atoms with Crippen molar-refractivity contribution in [3.05, 3.63) is 18.2 Å². The molecule has 2 rings (SSSR count). The molecule has 1 atom stereocenters. The Kier molecular flexibility index (Phi) is 6.86. The summed E-state index contributed by atoms with van der Waals surface area (Å²) in [4.78, 5) is 9.54. The van der Waals surface area contributed by atoms with E-state index < -0.39 is 0 Å². The van der Waals surface area contributed by atoms with Gasteiger partial charge < -0.3 is 9.67 Å². The van der Waals surface area contributed by atoms with E-state index in [9.17, 15) is 5.11 Å². The molecule has 1 aromatic heterocycles. The Hall–Kier alpha value is -0.910. The van der Waals surface area contributed by atoms with Gasteiger partial charge in [0.25, 0.3) is 0 Å². The molecule has 1 fully saturated rings. The van der Waals surface area contributed by atoms with E-state index in [0.29, 0.717) is 6.04 Å². The van der Waals surface area contributed by atoms with Gasteiger partial charge in [-0.25, -0.2) is 4.98 Å². The minimum Gasteiger partial charge on any atom is -0.396 e. The van der Waals surface area contributed by atoms with Gasteiger partial charge in [0.1, 0.15) is 5.82 Å². The van der Waals surface area contributed by atoms with Crippen LogP contribution in [0.2, 0.25) is 0 Å². The summed E-state index contributed by atoms with van der Waals surface area (Å²) in [5.74, 6) is 1.89. The molecule has 5 nitrogen and oxygen atoms in total. The van der Waals surface area contributed by atoms with Crippen molar-refractivity contribution in [1.29, 1.82) is 0 Å². The van der Waals surface area contributed by atoms with Gasteiger partial charge in [0.05, 0.1) is 6.54 Å². The van der Waals surface area contributed by atoms with Crippen molar-refractivity contribution in [2.45, 2.75) is 52.7 Å². The van der Waals surface area contributed by atoms with Gasteiger partial charge in [-0.1, -0.05) is 13.8 Å². The molecule has 0 aromatic carbocycles. The van der Waals surface area contributed by atoms with Crippen LogP contribution < -0.4 is 0 Å². The van der Waals surface area contributed by atoms with Crippen molar-refractivity contribution in [1.82, 2.24) is 19.4 Å². The van der Waals surface area contributed by atoms with Crippen LogP contribution in [0, 0.1) is 5.92 Å². The van der Waals surface area contributed by atoms with Crippen molar-refractivity contribution < 1.29 is 5.11 Å². The van der Waals surface area contributed by atoms with Gasteiger partial charge in [-0.2, -0.15) is 0 Å². The molecule has 5 heteroatoms. The second-order valence-electron chi connectivity index (χ2n) is 6.75. The quantitative estimate of drug-likeness (QED) is 0.795. The molecule has 0 bridgehead atoms. The predicted octanol–water partition coefficient (Wildman–Crippen LogP) is 1.82. The Morgan fingerprint density at radius 3 is 2.86 bits per heavy atom. The maximum atomic E-state index is 9.38. The van der Waals surface area contributed by atoms with Crippen LogP contribution in [-0.4, -0.2) is 63.3 Å². The summed E-state index contributed by atoms with van der Waals surface area (Å²) in [6.07, 6.45) is 6.06. The predicted molar refractivity (Wildman–Crippen MR) is 89.7 cm³/mol. The Labute approximate surface area is 134 Å². The molecular weight excluding hydrogens is 276 g/mol. The van der Waals surface area contributed by atoms with Gasteiger partial charge in [0.15, 0.2) is 0 Å². The summed E-state index contributed by atoms with van der Waals surface area (Å²) in [6, 6.07) is 0.475. The lowest BCUT2D eigenvalue weighted by molar-refractivity contribution is 0.0507. The third-order valence-corrected chi connectivity index (χ3v) is 4.65.